The van der Waals surface area contributed by atoms with Gasteiger partial charge in [0.2, 0.25) is 11.8 Å². The van der Waals surface area contributed by atoms with E-state index in [9.17, 15) is 18.8 Å². The van der Waals surface area contributed by atoms with Gasteiger partial charge in [-0.1, -0.05) is 31.4 Å². The van der Waals surface area contributed by atoms with E-state index in [1.165, 1.54) is 54.3 Å². The Morgan fingerprint density at radius 1 is 0.977 bits per heavy atom. The van der Waals surface area contributed by atoms with Crippen molar-refractivity contribution in [2.24, 2.45) is 0 Å². The number of imide groups is 1. The quantitative estimate of drug-likeness (QED) is 0.393. The van der Waals surface area contributed by atoms with Crippen LogP contribution in [-0.4, -0.2) is 79.4 Å². The van der Waals surface area contributed by atoms with Gasteiger partial charge in [-0.05, 0) is 98.5 Å². The monoisotopic (exact) mass is 603 g/mol. The van der Waals surface area contributed by atoms with Crippen molar-refractivity contribution in [2.75, 3.05) is 44.7 Å². The van der Waals surface area contributed by atoms with Crippen molar-refractivity contribution in [3.05, 3.63) is 64.5 Å². The van der Waals surface area contributed by atoms with E-state index in [2.05, 4.69) is 51.7 Å². The van der Waals surface area contributed by atoms with Gasteiger partial charge in [-0.3, -0.25) is 19.7 Å². The van der Waals surface area contributed by atoms with Crippen molar-refractivity contribution in [3.63, 3.8) is 0 Å². The molecule has 0 spiro atoms. The Labute approximate surface area is 260 Å². The number of carbonyl (C=O) groups is 3. The Kier molecular flexibility index (Phi) is 9.62. The summed E-state index contributed by atoms with van der Waals surface area (Å²) >= 11 is 0. The van der Waals surface area contributed by atoms with Gasteiger partial charge in [-0.25, -0.2) is 4.39 Å². The number of fused-ring (bicyclic) bond motifs is 1. The van der Waals surface area contributed by atoms with Crippen molar-refractivity contribution in [1.82, 2.24) is 20.4 Å². The molecule has 0 aromatic heterocycles. The first-order chi connectivity index (χ1) is 21.4. The lowest BCUT2D eigenvalue weighted by molar-refractivity contribution is -0.136. The second-order valence-electron chi connectivity index (χ2n) is 13.2. The predicted molar refractivity (Wildman–Crippen MR) is 169 cm³/mol. The molecule has 2 aromatic rings. The molecule has 8 nitrogen and oxygen atoms in total. The first-order valence-corrected chi connectivity index (χ1v) is 16.6. The summed E-state index contributed by atoms with van der Waals surface area (Å²) in [6.45, 7) is 5.15. The largest absolute Gasteiger partial charge is 0.373 e. The molecule has 3 fully saturated rings. The van der Waals surface area contributed by atoms with Gasteiger partial charge >= 0.3 is 0 Å². The van der Waals surface area contributed by atoms with Gasteiger partial charge in [0.05, 0.1) is 0 Å². The van der Waals surface area contributed by atoms with E-state index in [-0.39, 0.29) is 24.2 Å². The maximum Gasteiger partial charge on any atom is 0.255 e. The second-order valence-corrected chi connectivity index (χ2v) is 13.2. The van der Waals surface area contributed by atoms with Crippen molar-refractivity contribution in [1.29, 1.82) is 0 Å². The smallest absolute Gasteiger partial charge is 0.255 e. The summed E-state index contributed by atoms with van der Waals surface area (Å²) in [5, 5.41) is 6.07. The summed E-state index contributed by atoms with van der Waals surface area (Å²) in [4.78, 5) is 43.6. The van der Waals surface area contributed by atoms with E-state index in [1.54, 1.807) is 6.07 Å². The molecule has 1 aliphatic carbocycles. The zero-order valence-corrected chi connectivity index (χ0v) is 26.0. The fourth-order valence-electron chi connectivity index (χ4n) is 7.56. The molecule has 1 saturated carbocycles. The van der Waals surface area contributed by atoms with Gasteiger partial charge in [0, 0.05) is 56.9 Å². The van der Waals surface area contributed by atoms with E-state index in [4.69, 9.17) is 0 Å². The van der Waals surface area contributed by atoms with Crippen LogP contribution in [-0.2, 0) is 22.6 Å². The molecule has 0 radical (unpaired) electrons. The maximum absolute atomic E-state index is 14.7. The van der Waals surface area contributed by atoms with Gasteiger partial charge in [-0.15, -0.1) is 0 Å². The summed E-state index contributed by atoms with van der Waals surface area (Å²) in [5.74, 6) is -1.31. The van der Waals surface area contributed by atoms with Crippen molar-refractivity contribution >= 4 is 23.4 Å². The lowest BCUT2D eigenvalue weighted by Crippen LogP contribution is -2.52. The maximum atomic E-state index is 14.7. The average Bonchev–Trinajstić information content (AvgIpc) is 3.36. The van der Waals surface area contributed by atoms with Crippen LogP contribution in [0.15, 0.2) is 36.4 Å². The van der Waals surface area contributed by atoms with Crippen LogP contribution < -0.4 is 15.5 Å². The van der Waals surface area contributed by atoms with Gasteiger partial charge in [0.1, 0.15) is 11.9 Å². The van der Waals surface area contributed by atoms with Crippen LogP contribution in [0.4, 0.5) is 10.1 Å². The first kappa shape index (κ1) is 30.7. The SMILES string of the molecule is CN(CCNC1CCCCC1)c1ccc(CCN2CCC(c3cc(F)cc4c3CN(C3CCC(=O)NC3=O)C4=O)CC2)cc1. The highest BCUT2D eigenvalue weighted by molar-refractivity contribution is 6.05. The normalized spacial score (nSPS) is 21.9. The molecule has 1 unspecified atom stereocenters. The van der Waals surface area contributed by atoms with Crippen LogP contribution in [0.5, 0.6) is 0 Å². The summed E-state index contributed by atoms with van der Waals surface area (Å²) in [7, 11) is 2.16. The van der Waals surface area contributed by atoms with Crippen LogP contribution >= 0.6 is 0 Å². The fourth-order valence-corrected chi connectivity index (χ4v) is 7.56. The molecule has 2 N–H and O–H groups in total. The molecule has 2 aromatic carbocycles. The molecular weight excluding hydrogens is 557 g/mol. The van der Waals surface area contributed by atoms with Crippen molar-refractivity contribution < 1.29 is 18.8 Å². The molecule has 236 valence electrons. The highest BCUT2D eigenvalue weighted by atomic mass is 19.1. The third-order valence-electron chi connectivity index (χ3n) is 10.3. The number of benzene rings is 2. The number of piperidine rings is 2. The van der Waals surface area contributed by atoms with Gasteiger partial charge < -0.3 is 20.0 Å². The number of rotatable bonds is 10. The summed E-state index contributed by atoms with van der Waals surface area (Å²) in [6.07, 6.45) is 10.0. The van der Waals surface area contributed by atoms with Gasteiger partial charge in [-0.2, -0.15) is 0 Å². The molecule has 44 heavy (non-hydrogen) atoms. The van der Waals surface area contributed by atoms with E-state index in [0.717, 1.165) is 63.1 Å². The molecule has 9 heteroatoms. The molecule has 0 bridgehead atoms. The number of hydrogen-bond acceptors (Lipinski definition) is 6. The Hall–Kier alpha value is -3.30. The molecule has 3 amide bonds. The fraction of sp³-hybridized carbons (Fsp3) is 0.571. The minimum atomic E-state index is -0.692. The third-order valence-corrected chi connectivity index (χ3v) is 10.3. The summed E-state index contributed by atoms with van der Waals surface area (Å²) < 4.78 is 14.7. The van der Waals surface area contributed by atoms with Crippen LogP contribution in [0.25, 0.3) is 0 Å². The number of anilines is 1. The number of hydrogen-bond donors (Lipinski definition) is 2. The van der Waals surface area contributed by atoms with Crippen molar-refractivity contribution in [3.8, 4) is 0 Å². The van der Waals surface area contributed by atoms with E-state index in [1.807, 2.05) is 0 Å². The first-order valence-electron chi connectivity index (χ1n) is 16.6. The lowest BCUT2D eigenvalue weighted by Gasteiger charge is -2.33. The number of halogens is 1. The minimum absolute atomic E-state index is 0.174. The Balaban J connectivity index is 0.983. The van der Waals surface area contributed by atoms with Crippen LogP contribution in [0.3, 0.4) is 0 Å². The highest BCUT2D eigenvalue weighted by Gasteiger charge is 2.41. The summed E-state index contributed by atoms with van der Waals surface area (Å²) in [5.41, 5.74) is 4.68. The van der Waals surface area contributed by atoms with Crippen molar-refractivity contribution in [2.45, 2.75) is 88.8 Å². The predicted octanol–water partition coefficient (Wildman–Crippen LogP) is 4.37. The Morgan fingerprint density at radius 3 is 2.45 bits per heavy atom. The zero-order chi connectivity index (χ0) is 30.6. The van der Waals surface area contributed by atoms with Gasteiger partial charge in [0.25, 0.3) is 5.91 Å². The molecule has 3 heterocycles. The number of nitrogens with one attached hydrogen (secondary N) is 2. The lowest BCUT2D eigenvalue weighted by atomic mass is 9.85. The molecule has 6 rings (SSSR count). The highest BCUT2D eigenvalue weighted by Crippen LogP contribution is 2.37. The number of likely N-dealkylation sites (tertiary alicyclic amines) is 1. The standard InChI is InChI=1S/C35H46FN5O3/c1-39(20-16-37-27-5-3-2-4-6-27)28-9-7-24(8-10-28)13-17-40-18-14-25(15-19-40)29-21-26(36)22-30-31(29)23-41(35(30)44)32-11-12-33(42)38-34(32)43/h7-10,21-22,25,27,32,37H,2-6,11-20,23H2,1H3,(H,38,42,43). The second kappa shape index (κ2) is 13.8. The number of amides is 3. The number of nitrogens with zero attached hydrogens (tertiary/aromatic N) is 3. The van der Waals surface area contributed by atoms with Crippen LogP contribution in [0.2, 0.25) is 0 Å². The molecule has 2 saturated heterocycles. The Morgan fingerprint density at radius 2 is 1.73 bits per heavy atom. The average molecular weight is 604 g/mol. The van der Waals surface area contributed by atoms with Crippen LogP contribution in [0.1, 0.15) is 90.8 Å². The Bertz CT molecular complexity index is 1350. The van der Waals surface area contributed by atoms with Gasteiger partial charge in [0.15, 0.2) is 0 Å². The minimum Gasteiger partial charge on any atom is -0.373 e. The third kappa shape index (κ3) is 6.99. The molecule has 4 aliphatic rings. The van der Waals surface area contributed by atoms with E-state index in [0.29, 0.717) is 24.6 Å². The number of likely N-dealkylation sites (N-methyl/N-ethyl adjacent to an activating group) is 1. The molecule has 3 aliphatic heterocycles. The number of carbonyl (C=O) groups excluding carboxylic acids is 3. The molecule has 1 atom stereocenters. The topological polar surface area (TPSA) is 85.0 Å². The zero-order valence-electron chi connectivity index (χ0n) is 26.0. The van der Waals surface area contributed by atoms with E-state index >= 15 is 0 Å². The molecular formula is C35H46FN5O3. The van der Waals surface area contributed by atoms with Crippen LogP contribution in [0, 0.1) is 5.82 Å². The van der Waals surface area contributed by atoms with E-state index < -0.39 is 17.8 Å². The summed E-state index contributed by atoms with van der Waals surface area (Å²) in [6, 6.07) is 11.8.